The van der Waals surface area contributed by atoms with E-state index in [0.29, 0.717) is 11.7 Å². The van der Waals surface area contributed by atoms with Crippen molar-refractivity contribution in [2.24, 2.45) is 5.92 Å². The second-order valence-corrected chi connectivity index (χ2v) is 6.04. The number of non-ortho nitro benzene ring substituents is 1. The highest BCUT2D eigenvalue weighted by Crippen LogP contribution is 2.39. The van der Waals surface area contributed by atoms with E-state index in [1.165, 1.54) is 12.1 Å². The summed E-state index contributed by atoms with van der Waals surface area (Å²) in [6.07, 6.45) is 3.99. The summed E-state index contributed by atoms with van der Waals surface area (Å²) >= 11 is 0. The number of hydrogen-bond donors (Lipinski definition) is 1. The zero-order valence-corrected chi connectivity index (χ0v) is 13.3. The predicted octanol–water partition coefficient (Wildman–Crippen LogP) is 2.50. The van der Waals surface area contributed by atoms with Gasteiger partial charge in [-0.3, -0.25) is 14.9 Å². The number of benzene rings is 1. The molecule has 1 aliphatic carbocycles. The van der Waals surface area contributed by atoms with Crippen LogP contribution in [-0.2, 0) is 11.2 Å². The van der Waals surface area contributed by atoms with Crippen LogP contribution in [0.5, 0.6) is 0 Å². The summed E-state index contributed by atoms with van der Waals surface area (Å²) in [5.74, 6) is 0.896. The maximum atomic E-state index is 12.3. The fourth-order valence-electron chi connectivity index (χ4n) is 2.59. The van der Waals surface area contributed by atoms with Crippen LogP contribution < -0.4 is 5.32 Å². The Bertz CT molecular complexity index is 757. The first-order chi connectivity index (χ1) is 11.5. The van der Waals surface area contributed by atoms with E-state index in [4.69, 9.17) is 0 Å². The van der Waals surface area contributed by atoms with Crippen molar-refractivity contribution in [3.05, 3.63) is 63.7 Å². The molecule has 1 heterocycles. The molecule has 24 heavy (non-hydrogen) atoms. The molecule has 0 bridgehead atoms. The fraction of sp³-hybridized carbons (Fsp3) is 0.353. The Morgan fingerprint density at radius 3 is 2.62 bits per heavy atom. The molecule has 1 aromatic carbocycles. The molecule has 0 aliphatic heterocycles. The van der Waals surface area contributed by atoms with Crippen molar-refractivity contribution in [1.29, 1.82) is 0 Å². The minimum Gasteiger partial charge on any atom is -0.346 e. The highest BCUT2D eigenvalue weighted by molar-refractivity contribution is 5.79. The lowest BCUT2D eigenvalue weighted by molar-refractivity contribution is -0.384. The molecule has 7 nitrogen and oxygen atoms in total. The molecule has 0 spiro atoms. The molecule has 0 radical (unpaired) electrons. The van der Waals surface area contributed by atoms with E-state index in [0.717, 1.165) is 24.1 Å². The molecule has 1 unspecified atom stereocenters. The molecule has 1 saturated carbocycles. The van der Waals surface area contributed by atoms with Gasteiger partial charge < -0.3 is 5.32 Å². The maximum Gasteiger partial charge on any atom is 0.269 e. The van der Waals surface area contributed by atoms with Gasteiger partial charge in [0.25, 0.3) is 5.69 Å². The minimum absolute atomic E-state index is 0.0168. The largest absolute Gasteiger partial charge is 0.346 e. The van der Waals surface area contributed by atoms with Crippen molar-refractivity contribution in [2.45, 2.75) is 32.2 Å². The van der Waals surface area contributed by atoms with Gasteiger partial charge in [-0.2, -0.15) is 0 Å². The van der Waals surface area contributed by atoms with Crippen molar-refractivity contribution in [1.82, 2.24) is 15.3 Å². The molecule has 0 saturated heterocycles. The quantitative estimate of drug-likeness (QED) is 0.649. The molecule has 1 atom stereocenters. The third-order valence-corrected chi connectivity index (χ3v) is 4.01. The van der Waals surface area contributed by atoms with Gasteiger partial charge in [0.1, 0.15) is 0 Å². The van der Waals surface area contributed by atoms with Crippen LogP contribution in [-0.4, -0.2) is 20.8 Å². The summed E-state index contributed by atoms with van der Waals surface area (Å²) in [5.41, 5.74) is 1.62. The van der Waals surface area contributed by atoms with Crippen LogP contribution in [0.2, 0.25) is 0 Å². The highest BCUT2D eigenvalue weighted by atomic mass is 16.6. The Morgan fingerprint density at radius 2 is 2.04 bits per heavy atom. The molecule has 1 amide bonds. The van der Waals surface area contributed by atoms with Gasteiger partial charge >= 0.3 is 0 Å². The Hall–Kier alpha value is -2.83. The van der Waals surface area contributed by atoms with Crippen LogP contribution >= 0.6 is 0 Å². The third kappa shape index (κ3) is 3.92. The van der Waals surface area contributed by atoms with Crippen molar-refractivity contribution in [3.8, 4) is 0 Å². The first-order valence-electron chi connectivity index (χ1n) is 7.85. The lowest BCUT2D eigenvalue weighted by Crippen LogP contribution is -2.32. The van der Waals surface area contributed by atoms with E-state index in [9.17, 15) is 14.9 Å². The van der Waals surface area contributed by atoms with E-state index in [-0.39, 0.29) is 24.1 Å². The molecular weight excluding hydrogens is 308 g/mol. The Balaban J connectivity index is 1.67. The standard InChI is InChI=1S/C17H18N4O3/c1-11-8-9-18-17(19-11)16(13-4-5-13)20-15(22)10-12-2-6-14(7-3-12)21(23)24/h2-3,6-9,13,16H,4-5,10H2,1H3,(H,20,22). The van der Waals surface area contributed by atoms with Gasteiger partial charge in [0.05, 0.1) is 17.4 Å². The topological polar surface area (TPSA) is 98.0 Å². The van der Waals surface area contributed by atoms with E-state index in [1.807, 2.05) is 13.0 Å². The molecule has 7 heteroatoms. The highest BCUT2D eigenvalue weighted by Gasteiger charge is 2.35. The number of nitro benzene ring substituents is 1. The number of nitro groups is 1. The number of aromatic nitrogens is 2. The van der Waals surface area contributed by atoms with Gasteiger partial charge in [-0.1, -0.05) is 12.1 Å². The summed E-state index contributed by atoms with van der Waals surface area (Å²) in [7, 11) is 0. The van der Waals surface area contributed by atoms with Crippen LogP contribution in [0, 0.1) is 23.0 Å². The molecule has 2 aromatic rings. The molecule has 1 N–H and O–H groups in total. The third-order valence-electron chi connectivity index (χ3n) is 4.01. The van der Waals surface area contributed by atoms with Gasteiger partial charge in [-0.05, 0) is 37.3 Å². The van der Waals surface area contributed by atoms with Crippen LogP contribution in [0.3, 0.4) is 0 Å². The number of aryl methyl sites for hydroxylation is 1. The van der Waals surface area contributed by atoms with Crippen LogP contribution in [0.4, 0.5) is 5.69 Å². The number of hydrogen-bond acceptors (Lipinski definition) is 5. The predicted molar refractivity (Wildman–Crippen MR) is 87.2 cm³/mol. The first-order valence-corrected chi connectivity index (χ1v) is 7.85. The van der Waals surface area contributed by atoms with Gasteiger partial charge in [-0.15, -0.1) is 0 Å². The average molecular weight is 326 g/mol. The minimum atomic E-state index is -0.456. The van der Waals surface area contributed by atoms with E-state index < -0.39 is 4.92 Å². The van der Waals surface area contributed by atoms with E-state index >= 15 is 0 Å². The first kappa shape index (κ1) is 16.0. The smallest absolute Gasteiger partial charge is 0.269 e. The number of nitrogens with zero attached hydrogens (tertiary/aromatic N) is 3. The van der Waals surface area contributed by atoms with Crippen LogP contribution in [0.15, 0.2) is 36.5 Å². The van der Waals surface area contributed by atoms with Crippen molar-refractivity contribution >= 4 is 11.6 Å². The molecule has 124 valence electrons. The van der Waals surface area contributed by atoms with Crippen molar-refractivity contribution in [2.75, 3.05) is 0 Å². The summed E-state index contributed by atoms with van der Waals surface area (Å²) in [4.78, 5) is 31.3. The Kier molecular flexibility index (Phi) is 4.50. The maximum absolute atomic E-state index is 12.3. The van der Waals surface area contributed by atoms with E-state index in [1.54, 1.807) is 18.3 Å². The second-order valence-electron chi connectivity index (χ2n) is 6.04. The lowest BCUT2D eigenvalue weighted by atomic mass is 10.1. The molecule has 1 aliphatic rings. The monoisotopic (exact) mass is 326 g/mol. The zero-order valence-electron chi connectivity index (χ0n) is 13.3. The molecular formula is C17H18N4O3. The van der Waals surface area contributed by atoms with Gasteiger partial charge in [0, 0.05) is 24.0 Å². The Labute approximate surface area is 139 Å². The molecule has 3 rings (SSSR count). The Morgan fingerprint density at radius 1 is 1.33 bits per heavy atom. The molecule has 1 fully saturated rings. The summed E-state index contributed by atoms with van der Waals surface area (Å²) < 4.78 is 0. The van der Waals surface area contributed by atoms with Crippen molar-refractivity contribution in [3.63, 3.8) is 0 Å². The number of rotatable bonds is 6. The van der Waals surface area contributed by atoms with Gasteiger partial charge in [0.15, 0.2) is 5.82 Å². The number of nitrogens with one attached hydrogen (secondary N) is 1. The SMILES string of the molecule is Cc1ccnc(C(NC(=O)Cc2ccc([N+](=O)[O-])cc2)C2CC2)n1. The van der Waals surface area contributed by atoms with Gasteiger partial charge in [-0.25, -0.2) is 9.97 Å². The average Bonchev–Trinajstić information content (AvgIpc) is 3.38. The number of amides is 1. The molecule has 1 aromatic heterocycles. The fourth-order valence-corrected chi connectivity index (χ4v) is 2.59. The van der Waals surface area contributed by atoms with Gasteiger partial charge in [0.2, 0.25) is 5.91 Å². The normalized spacial score (nSPS) is 14.9. The van der Waals surface area contributed by atoms with Crippen LogP contribution in [0.1, 0.15) is 36.0 Å². The lowest BCUT2D eigenvalue weighted by Gasteiger charge is -2.17. The van der Waals surface area contributed by atoms with Crippen LogP contribution in [0.25, 0.3) is 0 Å². The number of carbonyl (C=O) groups is 1. The second kappa shape index (κ2) is 6.74. The van der Waals surface area contributed by atoms with Crippen molar-refractivity contribution < 1.29 is 9.72 Å². The zero-order chi connectivity index (χ0) is 17.1. The summed E-state index contributed by atoms with van der Waals surface area (Å²) in [6.45, 7) is 1.90. The summed E-state index contributed by atoms with van der Waals surface area (Å²) in [6, 6.07) is 7.68. The van der Waals surface area contributed by atoms with E-state index in [2.05, 4.69) is 15.3 Å². The summed E-state index contributed by atoms with van der Waals surface area (Å²) in [5, 5.41) is 13.7. The number of carbonyl (C=O) groups excluding carboxylic acids is 1.